The Labute approximate surface area is 187 Å². The van der Waals surface area contributed by atoms with Gasteiger partial charge in [0.25, 0.3) is 0 Å². The largest absolute Gasteiger partial charge is 0.417 e. The van der Waals surface area contributed by atoms with Gasteiger partial charge in [-0.15, -0.1) is 0 Å². The molecule has 1 aliphatic heterocycles. The molecule has 1 atom stereocenters. The third-order valence-electron chi connectivity index (χ3n) is 5.43. The fourth-order valence-corrected chi connectivity index (χ4v) is 3.50. The molecule has 1 unspecified atom stereocenters. The minimum atomic E-state index is -4.56. The summed E-state index contributed by atoms with van der Waals surface area (Å²) in [4.78, 5) is 4.24. The molecule has 0 aromatic heterocycles. The number of rotatable bonds is 3. The Morgan fingerprint density at radius 1 is 1.09 bits per heavy atom. The summed E-state index contributed by atoms with van der Waals surface area (Å²) < 4.78 is 41.2. The first-order chi connectivity index (χ1) is 14.9. The van der Waals surface area contributed by atoms with Gasteiger partial charge in [-0.1, -0.05) is 57.4 Å². The van der Waals surface area contributed by atoms with Crippen LogP contribution in [0.15, 0.2) is 54.0 Å². The van der Waals surface area contributed by atoms with Crippen LogP contribution in [0.1, 0.15) is 61.4 Å². The molecular formula is C26H28F3N3. The van der Waals surface area contributed by atoms with Crippen molar-refractivity contribution < 1.29 is 13.2 Å². The van der Waals surface area contributed by atoms with Crippen LogP contribution in [-0.2, 0) is 11.6 Å². The van der Waals surface area contributed by atoms with Crippen molar-refractivity contribution in [2.45, 2.75) is 51.2 Å². The second-order valence-electron chi connectivity index (χ2n) is 8.97. The van der Waals surface area contributed by atoms with E-state index in [1.165, 1.54) is 6.07 Å². The van der Waals surface area contributed by atoms with Crippen molar-refractivity contribution >= 4 is 11.5 Å². The van der Waals surface area contributed by atoms with Gasteiger partial charge in [-0.3, -0.25) is 0 Å². The zero-order chi connectivity index (χ0) is 23.5. The third-order valence-corrected chi connectivity index (χ3v) is 5.43. The van der Waals surface area contributed by atoms with E-state index in [1.54, 1.807) is 6.07 Å². The predicted octanol–water partition coefficient (Wildman–Crippen LogP) is 5.48. The van der Waals surface area contributed by atoms with E-state index < -0.39 is 11.7 Å². The molecule has 6 heteroatoms. The third kappa shape index (κ3) is 5.80. The van der Waals surface area contributed by atoms with Crippen LogP contribution in [0.3, 0.4) is 0 Å². The number of nitrogens with two attached hydrogens (primary N) is 1. The first-order valence-corrected chi connectivity index (χ1v) is 10.6. The summed E-state index contributed by atoms with van der Waals surface area (Å²) in [6.07, 6.45) is -2.72. The summed E-state index contributed by atoms with van der Waals surface area (Å²) in [6, 6.07) is 11.4. The minimum Gasteiger partial charge on any atom is -0.386 e. The molecule has 2 aromatic carbocycles. The fourth-order valence-electron chi connectivity index (χ4n) is 3.50. The monoisotopic (exact) mass is 439 g/mol. The second kappa shape index (κ2) is 9.22. The smallest absolute Gasteiger partial charge is 0.386 e. The summed E-state index contributed by atoms with van der Waals surface area (Å²) in [6.45, 7) is 11.0. The maximum Gasteiger partial charge on any atom is 0.417 e. The SMILES string of the molecule is C=C(/N=C(\N)C1CCCN1)c1ccc(C#Cc2ccc(C(C)(C)C)cc2)c(C(F)(F)F)c1. The highest BCUT2D eigenvalue weighted by atomic mass is 19.4. The van der Waals surface area contributed by atoms with Crippen LogP contribution in [-0.4, -0.2) is 18.4 Å². The average Bonchev–Trinajstić information content (AvgIpc) is 3.26. The van der Waals surface area contributed by atoms with Crippen LogP contribution in [0, 0.1) is 11.8 Å². The number of halogens is 3. The molecule has 1 aliphatic rings. The molecule has 0 aliphatic carbocycles. The van der Waals surface area contributed by atoms with Crippen LogP contribution < -0.4 is 11.1 Å². The lowest BCUT2D eigenvalue weighted by Gasteiger charge is -2.18. The Kier molecular flexibility index (Phi) is 6.80. The molecule has 1 fully saturated rings. The molecule has 32 heavy (non-hydrogen) atoms. The summed E-state index contributed by atoms with van der Waals surface area (Å²) in [5.74, 6) is 5.85. The van der Waals surface area contributed by atoms with Gasteiger partial charge in [0, 0.05) is 16.7 Å². The topological polar surface area (TPSA) is 50.4 Å². The molecule has 0 spiro atoms. The van der Waals surface area contributed by atoms with Gasteiger partial charge in [0.05, 0.1) is 17.3 Å². The van der Waals surface area contributed by atoms with E-state index in [2.05, 4.69) is 49.5 Å². The van der Waals surface area contributed by atoms with Gasteiger partial charge in [-0.2, -0.15) is 13.2 Å². The van der Waals surface area contributed by atoms with Gasteiger partial charge in [0.2, 0.25) is 0 Å². The Balaban J connectivity index is 1.89. The van der Waals surface area contributed by atoms with E-state index in [1.807, 2.05) is 24.3 Å². The lowest BCUT2D eigenvalue weighted by atomic mass is 9.87. The van der Waals surface area contributed by atoms with Crippen LogP contribution >= 0.6 is 0 Å². The highest BCUT2D eigenvalue weighted by Gasteiger charge is 2.33. The van der Waals surface area contributed by atoms with Crippen molar-refractivity contribution in [3.63, 3.8) is 0 Å². The maximum absolute atomic E-state index is 13.7. The van der Waals surface area contributed by atoms with Crippen molar-refractivity contribution in [2.75, 3.05) is 6.54 Å². The van der Waals surface area contributed by atoms with Crippen LogP contribution in [0.2, 0.25) is 0 Å². The van der Waals surface area contributed by atoms with E-state index >= 15 is 0 Å². The van der Waals surface area contributed by atoms with Gasteiger partial charge < -0.3 is 11.1 Å². The Morgan fingerprint density at radius 2 is 1.78 bits per heavy atom. The molecule has 168 valence electrons. The van der Waals surface area contributed by atoms with E-state index in [4.69, 9.17) is 5.73 Å². The number of benzene rings is 2. The number of alkyl halides is 3. The van der Waals surface area contributed by atoms with Gasteiger partial charge in [0.15, 0.2) is 0 Å². The van der Waals surface area contributed by atoms with Gasteiger partial charge in [-0.05, 0) is 54.6 Å². The lowest BCUT2D eigenvalue weighted by molar-refractivity contribution is -0.137. The van der Waals surface area contributed by atoms with E-state index in [0.29, 0.717) is 11.4 Å². The zero-order valence-electron chi connectivity index (χ0n) is 18.6. The van der Waals surface area contributed by atoms with Crippen molar-refractivity contribution in [3.05, 3.63) is 76.9 Å². The van der Waals surface area contributed by atoms with Gasteiger partial charge >= 0.3 is 6.18 Å². The average molecular weight is 440 g/mol. The summed E-state index contributed by atoms with van der Waals surface area (Å²) in [5, 5.41) is 3.21. The van der Waals surface area contributed by atoms with Crippen molar-refractivity contribution in [2.24, 2.45) is 10.7 Å². The Bertz CT molecular complexity index is 1070. The number of hydrogen-bond donors (Lipinski definition) is 2. The quantitative estimate of drug-likeness (QED) is 0.378. The van der Waals surface area contributed by atoms with E-state index in [0.717, 1.165) is 31.0 Å². The highest BCUT2D eigenvalue weighted by molar-refractivity contribution is 5.90. The molecule has 0 saturated carbocycles. The molecule has 1 saturated heterocycles. The number of nitrogens with zero attached hydrogens (tertiary/aromatic N) is 1. The normalized spacial score (nSPS) is 17.1. The molecule has 1 heterocycles. The molecule has 3 rings (SSSR count). The second-order valence-corrected chi connectivity index (χ2v) is 8.97. The van der Waals surface area contributed by atoms with Gasteiger partial charge in [0.1, 0.15) is 5.84 Å². The molecule has 3 N–H and O–H groups in total. The van der Waals surface area contributed by atoms with E-state index in [9.17, 15) is 13.2 Å². The van der Waals surface area contributed by atoms with E-state index in [-0.39, 0.29) is 28.3 Å². The summed E-state index contributed by atoms with van der Waals surface area (Å²) in [7, 11) is 0. The number of amidine groups is 1. The van der Waals surface area contributed by atoms with Gasteiger partial charge in [-0.25, -0.2) is 4.99 Å². The Hall–Kier alpha value is -3.04. The number of hydrogen-bond acceptors (Lipinski definition) is 2. The Morgan fingerprint density at radius 3 is 2.34 bits per heavy atom. The first-order valence-electron chi connectivity index (χ1n) is 10.6. The maximum atomic E-state index is 13.7. The fraction of sp³-hybridized carbons (Fsp3) is 0.346. The molecule has 0 amide bonds. The van der Waals surface area contributed by atoms with Crippen LogP contribution in [0.4, 0.5) is 13.2 Å². The van der Waals surface area contributed by atoms with Crippen molar-refractivity contribution in [3.8, 4) is 11.8 Å². The van der Waals surface area contributed by atoms with Crippen molar-refractivity contribution in [1.29, 1.82) is 0 Å². The summed E-state index contributed by atoms with van der Waals surface area (Å²) in [5.41, 5.74) is 7.33. The number of aliphatic imine (C=N–C) groups is 1. The minimum absolute atomic E-state index is 0.00661. The first kappa shape index (κ1) is 23.6. The predicted molar refractivity (Wildman–Crippen MR) is 124 cm³/mol. The number of nitrogens with one attached hydrogen (secondary N) is 1. The summed E-state index contributed by atoms with van der Waals surface area (Å²) >= 11 is 0. The highest BCUT2D eigenvalue weighted by Crippen LogP contribution is 2.34. The standard InChI is InChI=1S/C26H28F3N3/c1-17(32-24(30)23-6-5-15-31-23)20-12-11-19(22(16-20)26(27,28)29)10-7-18-8-13-21(14-9-18)25(2,3)4/h8-9,11-14,16,23,31H,1,5-6,15H2,2-4H3,(H2,30,32). The molecular weight excluding hydrogens is 411 g/mol. The molecule has 0 radical (unpaired) electrons. The van der Waals surface area contributed by atoms with Crippen molar-refractivity contribution in [1.82, 2.24) is 5.32 Å². The molecule has 3 nitrogen and oxygen atoms in total. The molecule has 0 bridgehead atoms. The molecule has 2 aromatic rings. The zero-order valence-corrected chi connectivity index (χ0v) is 18.6. The lowest BCUT2D eigenvalue weighted by Crippen LogP contribution is -2.36. The van der Waals surface area contributed by atoms with Crippen LogP contribution in [0.25, 0.3) is 5.70 Å². The van der Waals surface area contributed by atoms with Crippen LogP contribution in [0.5, 0.6) is 0 Å².